The minimum atomic E-state index is -0.291. The molecular weight excluding hydrogens is 313 g/mol. The molecule has 0 saturated heterocycles. The highest BCUT2D eigenvalue weighted by molar-refractivity contribution is 5.53. The van der Waals surface area contributed by atoms with Crippen LogP contribution in [0.4, 0.5) is 4.39 Å². The molecule has 0 spiro atoms. The lowest BCUT2D eigenvalue weighted by Gasteiger charge is -2.15. The Bertz CT molecular complexity index is 666. The summed E-state index contributed by atoms with van der Waals surface area (Å²) < 4.78 is 34.6. The largest absolute Gasteiger partial charge is 0.496 e. The summed E-state index contributed by atoms with van der Waals surface area (Å²) in [5.41, 5.74) is 1.71. The topological polar surface area (TPSA) is 49.0 Å². The van der Waals surface area contributed by atoms with E-state index in [4.69, 9.17) is 18.9 Å². The zero-order valence-electron chi connectivity index (χ0n) is 14.3. The van der Waals surface area contributed by atoms with Gasteiger partial charge in [0.25, 0.3) is 0 Å². The Balaban J connectivity index is 2.11. The molecule has 0 saturated carbocycles. The van der Waals surface area contributed by atoms with Gasteiger partial charge in [-0.15, -0.1) is 0 Å². The van der Waals surface area contributed by atoms with Gasteiger partial charge in [-0.3, -0.25) is 0 Å². The second-order valence-electron chi connectivity index (χ2n) is 5.09. The van der Waals surface area contributed by atoms with Gasteiger partial charge in [0.05, 0.1) is 28.4 Å². The van der Waals surface area contributed by atoms with Crippen LogP contribution < -0.4 is 24.3 Å². The van der Waals surface area contributed by atoms with Crippen molar-refractivity contribution in [2.75, 3.05) is 28.4 Å². The molecule has 2 rings (SSSR count). The monoisotopic (exact) mass is 335 g/mol. The van der Waals surface area contributed by atoms with E-state index >= 15 is 0 Å². The molecule has 0 fully saturated rings. The van der Waals surface area contributed by atoms with E-state index in [0.29, 0.717) is 36.1 Å². The maximum Gasteiger partial charge on any atom is 0.203 e. The standard InChI is InChI=1S/C18H22FNO4/c1-21-15-6-5-14(19)9-13(15)11-20-10-12-7-16(22-2)18(24-4)17(8-12)23-3/h5-9,20H,10-11H2,1-4H3. The first-order valence-electron chi connectivity index (χ1n) is 7.45. The summed E-state index contributed by atoms with van der Waals surface area (Å²) in [6, 6.07) is 8.20. The third kappa shape index (κ3) is 4.08. The number of nitrogens with one attached hydrogen (secondary N) is 1. The second kappa shape index (κ2) is 8.40. The minimum absolute atomic E-state index is 0.291. The fraction of sp³-hybridized carbons (Fsp3) is 0.333. The Morgan fingerprint density at radius 2 is 1.42 bits per heavy atom. The van der Waals surface area contributed by atoms with Crippen molar-refractivity contribution in [3.05, 3.63) is 47.3 Å². The van der Waals surface area contributed by atoms with Crippen molar-refractivity contribution in [1.29, 1.82) is 0 Å². The van der Waals surface area contributed by atoms with Crippen molar-refractivity contribution in [2.24, 2.45) is 0 Å². The fourth-order valence-corrected chi connectivity index (χ4v) is 2.46. The van der Waals surface area contributed by atoms with Gasteiger partial charge in [-0.05, 0) is 35.9 Å². The van der Waals surface area contributed by atoms with E-state index in [1.165, 1.54) is 12.1 Å². The number of benzene rings is 2. The number of methoxy groups -OCH3 is 4. The summed E-state index contributed by atoms with van der Waals surface area (Å²) in [6.07, 6.45) is 0. The molecule has 1 N–H and O–H groups in total. The molecule has 6 heteroatoms. The maximum atomic E-state index is 13.4. The highest BCUT2D eigenvalue weighted by atomic mass is 19.1. The van der Waals surface area contributed by atoms with E-state index in [1.54, 1.807) is 34.5 Å². The molecule has 2 aromatic carbocycles. The molecule has 0 aliphatic carbocycles. The Morgan fingerprint density at radius 3 is 1.96 bits per heavy atom. The number of ether oxygens (including phenoxy) is 4. The third-order valence-electron chi connectivity index (χ3n) is 3.61. The first-order chi connectivity index (χ1) is 11.6. The Hall–Kier alpha value is -2.47. The summed E-state index contributed by atoms with van der Waals surface area (Å²) in [7, 11) is 6.28. The summed E-state index contributed by atoms with van der Waals surface area (Å²) in [5.74, 6) is 2.10. The van der Waals surface area contributed by atoms with Gasteiger partial charge in [-0.1, -0.05) is 0 Å². The molecule has 130 valence electrons. The van der Waals surface area contributed by atoms with Crippen molar-refractivity contribution in [3.63, 3.8) is 0 Å². The summed E-state index contributed by atoms with van der Waals surface area (Å²) in [5, 5.41) is 3.26. The number of halogens is 1. The molecule has 0 atom stereocenters. The van der Waals surface area contributed by atoms with Crippen LogP contribution in [0.25, 0.3) is 0 Å². The lowest BCUT2D eigenvalue weighted by atomic mass is 10.1. The lowest BCUT2D eigenvalue weighted by Crippen LogP contribution is -2.14. The van der Waals surface area contributed by atoms with Crippen LogP contribution in [0.3, 0.4) is 0 Å². The van der Waals surface area contributed by atoms with Crippen molar-refractivity contribution >= 4 is 0 Å². The fourth-order valence-electron chi connectivity index (χ4n) is 2.46. The van der Waals surface area contributed by atoms with Crippen molar-refractivity contribution in [2.45, 2.75) is 13.1 Å². The van der Waals surface area contributed by atoms with Gasteiger partial charge in [0.15, 0.2) is 11.5 Å². The van der Waals surface area contributed by atoms with Gasteiger partial charge >= 0.3 is 0 Å². The number of hydrogen-bond donors (Lipinski definition) is 1. The molecule has 5 nitrogen and oxygen atoms in total. The van der Waals surface area contributed by atoms with Crippen molar-refractivity contribution in [1.82, 2.24) is 5.32 Å². The van der Waals surface area contributed by atoms with Gasteiger partial charge in [-0.25, -0.2) is 4.39 Å². The first-order valence-corrected chi connectivity index (χ1v) is 7.45. The van der Waals surface area contributed by atoms with Crippen LogP contribution in [0, 0.1) is 5.82 Å². The van der Waals surface area contributed by atoms with Crippen LogP contribution in [-0.2, 0) is 13.1 Å². The van der Waals surface area contributed by atoms with Crippen LogP contribution in [-0.4, -0.2) is 28.4 Å². The zero-order chi connectivity index (χ0) is 17.5. The van der Waals surface area contributed by atoms with Gasteiger partial charge in [-0.2, -0.15) is 0 Å². The predicted molar refractivity (Wildman–Crippen MR) is 89.6 cm³/mol. The summed E-state index contributed by atoms with van der Waals surface area (Å²) in [6.45, 7) is 1.02. The molecule has 0 aliphatic heterocycles. The number of hydrogen-bond acceptors (Lipinski definition) is 5. The first kappa shape index (κ1) is 17.9. The van der Waals surface area contributed by atoms with Crippen LogP contribution in [0.1, 0.15) is 11.1 Å². The van der Waals surface area contributed by atoms with Crippen LogP contribution in [0.15, 0.2) is 30.3 Å². The maximum absolute atomic E-state index is 13.4. The molecule has 0 heterocycles. The van der Waals surface area contributed by atoms with Crippen LogP contribution in [0.5, 0.6) is 23.0 Å². The lowest BCUT2D eigenvalue weighted by molar-refractivity contribution is 0.323. The molecule has 0 radical (unpaired) electrons. The van der Waals surface area contributed by atoms with E-state index in [2.05, 4.69) is 5.32 Å². The molecule has 24 heavy (non-hydrogen) atoms. The molecule has 0 amide bonds. The highest BCUT2D eigenvalue weighted by Crippen LogP contribution is 2.38. The van der Waals surface area contributed by atoms with E-state index < -0.39 is 0 Å². The molecule has 0 bridgehead atoms. The summed E-state index contributed by atoms with van der Waals surface area (Å²) >= 11 is 0. The van der Waals surface area contributed by atoms with E-state index in [1.807, 2.05) is 12.1 Å². The van der Waals surface area contributed by atoms with Gasteiger partial charge in [0.2, 0.25) is 5.75 Å². The quantitative estimate of drug-likeness (QED) is 0.803. The van der Waals surface area contributed by atoms with Crippen LogP contribution in [0.2, 0.25) is 0 Å². The van der Waals surface area contributed by atoms with E-state index in [9.17, 15) is 4.39 Å². The van der Waals surface area contributed by atoms with Gasteiger partial charge < -0.3 is 24.3 Å². The Labute approximate surface area is 141 Å². The van der Waals surface area contributed by atoms with E-state index in [-0.39, 0.29) is 5.82 Å². The normalized spacial score (nSPS) is 10.4. The summed E-state index contributed by atoms with van der Waals surface area (Å²) in [4.78, 5) is 0. The average Bonchev–Trinajstić information content (AvgIpc) is 2.61. The molecule has 0 aliphatic rings. The average molecular weight is 335 g/mol. The molecule has 2 aromatic rings. The SMILES string of the molecule is COc1ccc(F)cc1CNCc1cc(OC)c(OC)c(OC)c1. The smallest absolute Gasteiger partial charge is 0.203 e. The Kier molecular flexibility index (Phi) is 6.26. The van der Waals surface area contributed by atoms with Gasteiger partial charge in [0.1, 0.15) is 11.6 Å². The van der Waals surface area contributed by atoms with E-state index in [0.717, 1.165) is 11.1 Å². The third-order valence-corrected chi connectivity index (χ3v) is 3.61. The zero-order valence-corrected chi connectivity index (χ0v) is 14.3. The second-order valence-corrected chi connectivity index (χ2v) is 5.09. The molecule has 0 unspecified atom stereocenters. The Morgan fingerprint density at radius 1 is 0.792 bits per heavy atom. The predicted octanol–water partition coefficient (Wildman–Crippen LogP) is 3.15. The molecular formula is C18H22FNO4. The van der Waals surface area contributed by atoms with Crippen LogP contribution >= 0.6 is 0 Å². The number of rotatable bonds is 8. The van der Waals surface area contributed by atoms with Crippen molar-refractivity contribution in [3.8, 4) is 23.0 Å². The highest BCUT2D eigenvalue weighted by Gasteiger charge is 2.13. The van der Waals surface area contributed by atoms with Crippen molar-refractivity contribution < 1.29 is 23.3 Å². The minimum Gasteiger partial charge on any atom is -0.496 e. The molecule has 0 aromatic heterocycles. The van der Waals surface area contributed by atoms with Gasteiger partial charge in [0, 0.05) is 18.7 Å².